The van der Waals surface area contributed by atoms with Crippen LogP contribution in [0, 0.1) is 6.92 Å². The second-order valence-corrected chi connectivity index (χ2v) is 7.19. The molecule has 0 bridgehead atoms. The van der Waals surface area contributed by atoms with E-state index < -0.39 is 11.9 Å². The maximum Gasteiger partial charge on any atom is 0.350 e. The summed E-state index contributed by atoms with van der Waals surface area (Å²) in [6.45, 7) is 5.71. The Bertz CT molecular complexity index is 1090. The number of aryl methyl sites for hydroxylation is 1. The molecule has 0 aliphatic carbocycles. The average molecular weight is 410 g/mol. The van der Waals surface area contributed by atoms with E-state index in [-0.39, 0.29) is 23.8 Å². The van der Waals surface area contributed by atoms with E-state index in [0.29, 0.717) is 27.0 Å². The number of fused-ring (bicyclic) bond motifs is 1. The number of aromatic nitrogens is 1. The number of anilines is 1. The molecule has 0 atom stereocenters. The van der Waals surface area contributed by atoms with Crippen LogP contribution in [-0.2, 0) is 9.47 Å². The highest BCUT2D eigenvalue weighted by molar-refractivity contribution is 7.21. The van der Waals surface area contributed by atoms with E-state index in [2.05, 4.69) is 4.98 Å². The van der Waals surface area contributed by atoms with Crippen LogP contribution in [0.5, 0.6) is 0 Å². The minimum absolute atomic E-state index is 0.241. The Labute approximate surface area is 173 Å². The third kappa shape index (κ3) is 4.14. The molecule has 6 nitrogen and oxygen atoms in total. The molecule has 3 rings (SSSR count). The molecule has 0 amide bonds. The number of rotatable bonds is 6. The lowest BCUT2D eigenvalue weighted by Gasteiger charge is -2.11. The van der Waals surface area contributed by atoms with E-state index in [4.69, 9.17) is 15.2 Å². The molecule has 2 aromatic heterocycles. The number of esters is 2. The molecular weight excluding hydrogens is 388 g/mol. The standard InChI is InChI=1S/C22H22N2O4S/c1-4-27-21(25)16-13(3)24-20-17(18(23)19(29-20)22(26)28-5-2)15(16)12-11-14-9-7-6-8-10-14/h6-12H,4-5,23H2,1-3H3/b12-11+. The lowest BCUT2D eigenvalue weighted by molar-refractivity contribution is 0.0519. The number of carbonyl (C=O) groups excluding carboxylic acids is 2. The van der Waals surface area contributed by atoms with Crippen molar-refractivity contribution in [2.75, 3.05) is 18.9 Å². The fourth-order valence-electron chi connectivity index (χ4n) is 3.02. The van der Waals surface area contributed by atoms with Gasteiger partial charge in [-0.05, 0) is 26.3 Å². The number of ether oxygens (including phenoxy) is 2. The molecule has 0 radical (unpaired) electrons. The number of nitrogens with zero attached hydrogens (tertiary/aromatic N) is 1. The van der Waals surface area contributed by atoms with Gasteiger partial charge < -0.3 is 15.2 Å². The quantitative estimate of drug-likeness (QED) is 0.592. The van der Waals surface area contributed by atoms with E-state index >= 15 is 0 Å². The molecular formula is C22H22N2O4S. The molecule has 150 valence electrons. The summed E-state index contributed by atoms with van der Waals surface area (Å²) < 4.78 is 10.3. The first-order valence-corrected chi connectivity index (χ1v) is 10.1. The summed E-state index contributed by atoms with van der Waals surface area (Å²) in [5.74, 6) is -0.975. The van der Waals surface area contributed by atoms with Gasteiger partial charge in [0.2, 0.25) is 0 Å². The zero-order valence-electron chi connectivity index (χ0n) is 16.5. The number of carbonyl (C=O) groups is 2. The van der Waals surface area contributed by atoms with Gasteiger partial charge in [-0.15, -0.1) is 11.3 Å². The topological polar surface area (TPSA) is 91.5 Å². The first-order valence-electron chi connectivity index (χ1n) is 9.27. The van der Waals surface area contributed by atoms with E-state index in [1.54, 1.807) is 20.8 Å². The van der Waals surface area contributed by atoms with Gasteiger partial charge in [0.25, 0.3) is 0 Å². The fourth-order valence-corrected chi connectivity index (χ4v) is 4.07. The molecule has 0 fully saturated rings. The van der Waals surface area contributed by atoms with Crippen LogP contribution in [0.2, 0.25) is 0 Å². The Kier molecular flexibility index (Phi) is 6.29. The number of hydrogen-bond donors (Lipinski definition) is 1. The van der Waals surface area contributed by atoms with Crippen LogP contribution in [0.15, 0.2) is 30.3 Å². The van der Waals surface area contributed by atoms with Gasteiger partial charge in [0.15, 0.2) is 0 Å². The zero-order valence-corrected chi connectivity index (χ0v) is 17.3. The van der Waals surface area contributed by atoms with Crippen molar-refractivity contribution in [1.82, 2.24) is 4.98 Å². The molecule has 2 heterocycles. The normalized spacial score (nSPS) is 11.1. The predicted octanol–water partition coefficient (Wildman–Crippen LogP) is 4.71. The monoisotopic (exact) mass is 410 g/mol. The summed E-state index contributed by atoms with van der Waals surface area (Å²) in [5.41, 5.74) is 8.97. The van der Waals surface area contributed by atoms with Gasteiger partial charge in [0.1, 0.15) is 9.71 Å². The lowest BCUT2D eigenvalue weighted by Crippen LogP contribution is -2.11. The minimum atomic E-state index is -0.499. The molecule has 3 aromatic rings. The summed E-state index contributed by atoms with van der Waals surface area (Å²) in [6, 6.07) is 9.69. The fraction of sp³-hybridized carbons (Fsp3) is 0.227. The number of pyridine rings is 1. The van der Waals surface area contributed by atoms with Crippen LogP contribution >= 0.6 is 11.3 Å². The van der Waals surface area contributed by atoms with Crippen LogP contribution in [0.25, 0.3) is 22.4 Å². The van der Waals surface area contributed by atoms with Crippen molar-refractivity contribution in [3.8, 4) is 0 Å². The van der Waals surface area contributed by atoms with Crippen molar-refractivity contribution in [2.45, 2.75) is 20.8 Å². The molecule has 0 aliphatic heterocycles. The number of nitrogens with two attached hydrogens (primary N) is 1. The zero-order chi connectivity index (χ0) is 21.0. The van der Waals surface area contributed by atoms with Gasteiger partial charge >= 0.3 is 11.9 Å². The van der Waals surface area contributed by atoms with Crippen molar-refractivity contribution < 1.29 is 19.1 Å². The lowest BCUT2D eigenvalue weighted by atomic mass is 10.0. The third-order valence-electron chi connectivity index (χ3n) is 4.28. The third-order valence-corrected chi connectivity index (χ3v) is 5.36. The van der Waals surface area contributed by atoms with Gasteiger partial charge in [0, 0.05) is 10.9 Å². The van der Waals surface area contributed by atoms with Gasteiger partial charge in [0.05, 0.1) is 30.2 Å². The summed E-state index contributed by atoms with van der Waals surface area (Å²) in [5, 5.41) is 0.555. The Morgan fingerprint density at radius 1 is 1.07 bits per heavy atom. The summed E-state index contributed by atoms with van der Waals surface area (Å²) in [4.78, 5) is 30.3. The van der Waals surface area contributed by atoms with E-state index in [1.807, 2.05) is 42.5 Å². The molecule has 0 aliphatic rings. The first-order chi connectivity index (χ1) is 14.0. The minimum Gasteiger partial charge on any atom is -0.462 e. The van der Waals surface area contributed by atoms with Crippen molar-refractivity contribution in [3.05, 3.63) is 57.6 Å². The number of benzene rings is 1. The van der Waals surface area contributed by atoms with Crippen LogP contribution < -0.4 is 5.73 Å². The average Bonchev–Trinajstić information content (AvgIpc) is 3.03. The Hall–Kier alpha value is -3.19. The van der Waals surface area contributed by atoms with Crippen molar-refractivity contribution in [2.24, 2.45) is 0 Å². The number of nitrogen functional groups attached to an aromatic ring is 1. The summed E-state index contributed by atoms with van der Waals surface area (Å²) in [7, 11) is 0. The SMILES string of the molecule is CCOC(=O)c1sc2nc(C)c(C(=O)OCC)c(/C=C/c3ccccc3)c2c1N. The Morgan fingerprint density at radius 2 is 1.72 bits per heavy atom. The van der Waals surface area contributed by atoms with Crippen LogP contribution in [0.3, 0.4) is 0 Å². The molecule has 0 spiro atoms. The van der Waals surface area contributed by atoms with Gasteiger partial charge in [-0.1, -0.05) is 42.5 Å². The molecule has 0 saturated heterocycles. The van der Waals surface area contributed by atoms with E-state index in [0.717, 1.165) is 16.9 Å². The molecule has 1 aromatic carbocycles. The number of hydrogen-bond acceptors (Lipinski definition) is 7. The molecule has 2 N–H and O–H groups in total. The van der Waals surface area contributed by atoms with Crippen molar-refractivity contribution >= 4 is 51.3 Å². The first kappa shape index (κ1) is 20.5. The van der Waals surface area contributed by atoms with Crippen molar-refractivity contribution in [1.29, 1.82) is 0 Å². The maximum atomic E-state index is 12.7. The largest absolute Gasteiger partial charge is 0.462 e. The highest BCUT2D eigenvalue weighted by atomic mass is 32.1. The predicted molar refractivity (Wildman–Crippen MR) is 116 cm³/mol. The highest BCUT2D eigenvalue weighted by Gasteiger charge is 2.25. The summed E-state index contributed by atoms with van der Waals surface area (Å²) >= 11 is 1.16. The maximum absolute atomic E-state index is 12.7. The van der Waals surface area contributed by atoms with Gasteiger partial charge in [-0.2, -0.15) is 0 Å². The Balaban J connectivity index is 2.27. The Morgan fingerprint density at radius 3 is 2.38 bits per heavy atom. The van der Waals surface area contributed by atoms with Gasteiger partial charge in [-0.3, -0.25) is 0 Å². The van der Waals surface area contributed by atoms with E-state index in [1.165, 1.54) is 0 Å². The summed E-state index contributed by atoms with van der Waals surface area (Å²) in [6.07, 6.45) is 3.70. The molecule has 7 heteroatoms. The smallest absolute Gasteiger partial charge is 0.350 e. The van der Waals surface area contributed by atoms with E-state index in [9.17, 15) is 9.59 Å². The second kappa shape index (κ2) is 8.87. The highest BCUT2D eigenvalue weighted by Crippen LogP contribution is 2.38. The van der Waals surface area contributed by atoms with Gasteiger partial charge in [-0.25, -0.2) is 14.6 Å². The second-order valence-electron chi connectivity index (χ2n) is 6.20. The molecule has 0 saturated carbocycles. The van der Waals surface area contributed by atoms with Crippen LogP contribution in [0.1, 0.15) is 50.7 Å². The van der Waals surface area contributed by atoms with Crippen LogP contribution in [-0.4, -0.2) is 30.1 Å². The van der Waals surface area contributed by atoms with Crippen molar-refractivity contribution in [3.63, 3.8) is 0 Å². The molecule has 0 unspecified atom stereocenters. The molecule has 29 heavy (non-hydrogen) atoms. The number of thiophene rings is 1. The van der Waals surface area contributed by atoms with Crippen LogP contribution in [0.4, 0.5) is 5.69 Å².